The van der Waals surface area contributed by atoms with Crippen LogP contribution in [0.2, 0.25) is 0 Å². The van der Waals surface area contributed by atoms with E-state index >= 15 is 0 Å². The lowest BCUT2D eigenvalue weighted by Crippen LogP contribution is -2.41. The topological polar surface area (TPSA) is 15.3 Å². The van der Waals surface area contributed by atoms with E-state index in [9.17, 15) is 0 Å². The summed E-state index contributed by atoms with van der Waals surface area (Å²) in [5.74, 6) is 0.761. The molecule has 2 nitrogen and oxygen atoms in total. The number of hydrogen-bond donors (Lipinski definition) is 1. The molecule has 19 heavy (non-hydrogen) atoms. The first-order valence-corrected chi connectivity index (χ1v) is 8.14. The van der Waals surface area contributed by atoms with Crippen molar-refractivity contribution in [1.29, 1.82) is 0 Å². The highest BCUT2D eigenvalue weighted by molar-refractivity contribution is 9.10. The fraction of sp³-hybridized carbons (Fsp3) is 0.625. The smallest absolute Gasteiger partial charge is 0.0372 e. The summed E-state index contributed by atoms with van der Waals surface area (Å²) in [6, 6.07) is 7.00. The molecule has 1 aromatic rings. The van der Waals surface area contributed by atoms with Gasteiger partial charge >= 0.3 is 0 Å². The lowest BCUT2D eigenvalue weighted by Gasteiger charge is -2.36. The van der Waals surface area contributed by atoms with Crippen molar-refractivity contribution in [1.82, 2.24) is 4.90 Å². The van der Waals surface area contributed by atoms with Crippen molar-refractivity contribution in [2.45, 2.75) is 39.7 Å². The zero-order valence-electron chi connectivity index (χ0n) is 12.2. The number of halogens is 1. The largest absolute Gasteiger partial charge is 0.382 e. The summed E-state index contributed by atoms with van der Waals surface area (Å²) >= 11 is 3.52. The summed E-state index contributed by atoms with van der Waals surface area (Å²) in [6.07, 6.45) is 2.68. The minimum atomic E-state index is 0.536. The lowest BCUT2D eigenvalue weighted by atomic mass is 9.91. The van der Waals surface area contributed by atoms with E-state index in [2.05, 4.69) is 65.1 Å². The number of hydrogen-bond acceptors (Lipinski definition) is 2. The zero-order chi connectivity index (χ0) is 13.8. The van der Waals surface area contributed by atoms with E-state index in [0.29, 0.717) is 6.04 Å². The van der Waals surface area contributed by atoms with E-state index in [1.54, 1.807) is 0 Å². The molecule has 0 aliphatic carbocycles. The van der Waals surface area contributed by atoms with Gasteiger partial charge < -0.3 is 10.2 Å². The fourth-order valence-corrected chi connectivity index (χ4v) is 3.41. The van der Waals surface area contributed by atoms with Gasteiger partial charge in [-0.25, -0.2) is 0 Å². The third-order valence-corrected chi connectivity index (χ3v) is 4.76. The molecule has 1 heterocycles. The monoisotopic (exact) mass is 324 g/mol. The van der Waals surface area contributed by atoms with Crippen molar-refractivity contribution in [2.75, 3.05) is 25.0 Å². The first kappa shape index (κ1) is 14.9. The van der Waals surface area contributed by atoms with Gasteiger partial charge in [0, 0.05) is 22.7 Å². The van der Waals surface area contributed by atoms with Crippen LogP contribution in [-0.2, 0) is 0 Å². The lowest BCUT2D eigenvalue weighted by molar-refractivity contribution is 0.172. The van der Waals surface area contributed by atoms with Gasteiger partial charge in [-0.3, -0.25) is 0 Å². The Kier molecular flexibility index (Phi) is 5.28. The Morgan fingerprint density at radius 1 is 1.47 bits per heavy atom. The summed E-state index contributed by atoms with van der Waals surface area (Å²) < 4.78 is 1.15. The number of benzene rings is 1. The summed E-state index contributed by atoms with van der Waals surface area (Å²) in [6.45, 7) is 10.4. The van der Waals surface area contributed by atoms with Gasteiger partial charge in [-0.15, -0.1) is 0 Å². The SMILES string of the molecule is CCN1CCCC(C(C)Nc2ccc(Br)cc2C)C1. The molecule has 2 atom stereocenters. The van der Waals surface area contributed by atoms with Gasteiger partial charge in [-0.1, -0.05) is 22.9 Å². The molecule has 0 spiro atoms. The summed E-state index contributed by atoms with van der Waals surface area (Å²) in [5, 5.41) is 3.70. The molecular weight excluding hydrogens is 300 g/mol. The van der Waals surface area contributed by atoms with Gasteiger partial charge in [-0.2, -0.15) is 0 Å². The van der Waals surface area contributed by atoms with Crippen LogP contribution in [0.25, 0.3) is 0 Å². The molecule has 1 N–H and O–H groups in total. The van der Waals surface area contributed by atoms with Crippen molar-refractivity contribution in [3.8, 4) is 0 Å². The Bertz CT molecular complexity index is 419. The predicted octanol–water partition coefficient (Wildman–Crippen LogP) is 4.29. The van der Waals surface area contributed by atoms with Gasteiger partial charge in [0.25, 0.3) is 0 Å². The van der Waals surface area contributed by atoms with Crippen LogP contribution in [0.1, 0.15) is 32.3 Å². The normalized spacial score (nSPS) is 22.2. The number of likely N-dealkylation sites (tertiary alicyclic amines) is 1. The summed E-state index contributed by atoms with van der Waals surface area (Å²) in [4.78, 5) is 2.57. The number of nitrogens with zero attached hydrogens (tertiary/aromatic N) is 1. The molecule has 0 bridgehead atoms. The molecular formula is C16H25BrN2. The third-order valence-electron chi connectivity index (χ3n) is 4.27. The van der Waals surface area contributed by atoms with Crippen LogP contribution in [0, 0.1) is 12.8 Å². The highest BCUT2D eigenvalue weighted by atomic mass is 79.9. The third kappa shape index (κ3) is 3.96. The summed E-state index contributed by atoms with van der Waals surface area (Å²) in [5.41, 5.74) is 2.58. The number of piperidine rings is 1. The zero-order valence-corrected chi connectivity index (χ0v) is 13.8. The van der Waals surface area contributed by atoms with Crippen molar-refractivity contribution in [2.24, 2.45) is 5.92 Å². The fourth-order valence-electron chi connectivity index (χ4n) is 2.94. The van der Waals surface area contributed by atoms with Gasteiger partial charge in [0.2, 0.25) is 0 Å². The van der Waals surface area contributed by atoms with Crippen LogP contribution in [0.4, 0.5) is 5.69 Å². The Hall–Kier alpha value is -0.540. The first-order valence-electron chi connectivity index (χ1n) is 7.35. The minimum Gasteiger partial charge on any atom is -0.382 e. The van der Waals surface area contributed by atoms with Crippen LogP contribution in [0.3, 0.4) is 0 Å². The molecule has 1 aliphatic rings. The van der Waals surface area contributed by atoms with Crippen molar-refractivity contribution >= 4 is 21.6 Å². The van der Waals surface area contributed by atoms with Crippen molar-refractivity contribution in [3.05, 3.63) is 28.2 Å². The highest BCUT2D eigenvalue weighted by Crippen LogP contribution is 2.25. The quantitative estimate of drug-likeness (QED) is 0.888. The first-order chi connectivity index (χ1) is 9.10. The Morgan fingerprint density at radius 3 is 2.95 bits per heavy atom. The van der Waals surface area contributed by atoms with Crippen molar-refractivity contribution < 1.29 is 0 Å². The molecule has 1 fully saturated rings. The molecule has 106 valence electrons. The number of aryl methyl sites for hydroxylation is 1. The van der Waals surface area contributed by atoms with Gasteiger partial charge in [-0.05, 0) is 69.5 Å². The van der Waals surface area contributed by atoms with Crippen LogP contribution >= 0.6 is 15.9 Å². The Labute approximate surface area is 125 Å². The maximum atomic E-state index is 3.70. The van der Waals surface area contributed by atoms with E-state index in [-0.39, 0.29) is 0 Å². The van der Waals surface area contributed by atoms with Crippen LogP contribution in [-0.4, -0.2) is 30.6 Å². The second kappa shape index (κ2) is 6.76. The molecule has 1 aromatic carbocycles. The Morgan fingerprint density at radius 2 is 2.26 bits per heavy atom. The number of nitrogens with one attached hydrogen (secondary N) is 1. The highest BCUT2D eigenvalue weighted by Gasteiger charge is 2.23. The van der Waals surface area contributed by atoms with Crippen LogP contribution in [0.5, 0.6) is 0 Å². The predicted molar refractivity (Wildman–Crippen MR) is 86.8 cm³/mol. The molecule has 2 rings (SSSR count). The average molecular weight is 325 g/mol. The molecule has 0 amide bonds. The molecule has 0 aromatic heterocycles. The molecule has 0 radical (unpaired) electrons. The molecule has 2 unspecified atom stereocenters. The average Bonchev–Trinajstić information content (AvgIpc) is 2.42. The van der Waals surface area contributed by atoms with E-state index < -0.39 is 0 Å². The molecule has 3 heteroatoms. The van der Waals surface area contributed by atoms with E-state index in [0.717, 1.165) is 10.4 Å². The van der Waals surface area contributed by atoms with E-state index in [1.165, 1.54) is 43.7 Å². The molecule has 1 saturated heterocycles. The molecule has 0 saturated carbocycles. The number of anilines is 1. The van der Waals surface area contributed by atoms with E-state index in [1.807, 2.05) is 0 Å². The van der Waals surface area contributed by atoms with Gasteiger partial charge in [0.05, 0.1) is 0 Å². The maximum absolute atomic E-state index is 3.70. The van der Waals surface area contributed by atoms with Crippen molar-refractivity contribution in [3.63, 3.8) is 0 Å². The Balaban J connectivity index is 1.98. The standard InChI is InChI=1S/C16H25BrN2/c1-4-19-9-5-6-14(11-19)13(3)18-16-8-7-15(17)10-12(16)2/h7-8,10,13-14,18H,4-6,9,11H2,1-3H3. The minimum absolute atomic E-state index is 0.536. The molecule has 1 aliphatic heterocycles. The number of rotatable bonds is 4. The maximum Gasteiger partial charge on any atom is 0.0372 e. The van der Waals surface area contributed by atoms with Gasteiger partial charge in [0.1, 0.15) is 0 Å². The van der Waals surface area contributed by atoms with Crippen LogP contribution < -0.4 is 5.32 Å². The summed E-state index contributed by atoms with van der Waals surface area (Å²) in [7, 11) is 0. The second-order valence-corrected chi connectivity index (χ2v) is 6.60. The van der Waals surface area contributed by atoms with E-state index in [4.69, 9.17) is 0 Å². The second-order valence-electron chi connectivity index (χ2n) is 5.69. The van der Waals surface area contributed by atoms with Gasteiger partial charge in [0.15, 0.2) is 0 Å². The van der Waals surface area contributed by atoms with Crippen LogP contribution in [0.15, 0.2) is 22.7 Å².